The number of hydrogen-bond acceptors (Lipinski definition) is 3. The second kappa shape index (κ2) is 9.65. The van der Waals surface area contributed by atoms with Crippen molar-refractivity contribution in [2.45, 2.75) is 32.7 Å². The van der Waals surface area contributed by atoms with Crippen molar-refractivity contribution >= 4 is 5.96 Å². The Morgan fingerprint density at radius 3 is 2.62 bits per heavy atom. The summed E-state index contributed by atoms with van der Waals surface area (Å²) in [5, 5.41) is 6.63. The minimum Gasteiger partial charge on any atom is -0.497 e. The third-order valence-electron chi connectivity index (χ3n) is 3.87. The molecule has 1 aromatic carbocycles. The van der Waals surface area contributed by atoms with E-state index in [4.69, 9.17) is 9.15 Å². The number of benzene rings is 1. The number of guanidine groups is 1. The van der Waals surface area contributed by atoms with Crippen LogP contribution in [0.15, 0.2) is 52.1 Å². The third kappa shape index (κ3) is 5.65. The normalized spacial score (nSPS) is 12.7. The summed E-state index contributed by atoms with van der Waals surface area (Å²) in [5.41, 5.74) is 1.31. The zero-order valence-electron chi connectivity index (χ0n) is 14.7. The monoisotopic (exact) mass is 329 g/mol. The fourth-order valence-corrected chi connectivity index (χ4v) is 2.41. The number of furan rings is 1. The predicted molar refractivity (Wildman–Crippen MR) is 97.6 cm³/mol. The lowest BCUT2D eigenvalue weighted by Crippen LogP contribution is -2.38. The summed E-state index contributed by atoms with van der Waals surface area (Å²) in [6.45, 7) is 6.52. The zero-order chi connectivity index (χ0) is 17.2. The van der Waals surface area contributed by atoms with Gasteiger partial charge in [0, 0.05) is 13.1 Å². The van der Waals surface area contributed by atoms with Gasteiger partial charge in [-0.3, -0.25) is 0 Å². The second-order valence-corrected chi connectivity index (χ2v) is 5.66. The molecule has 5 heteroatoms. The molecule has 0 aliphatic heterocycles. The maximum atomic E-state index is 5.31. The number of hydrogen-bond donors (Lipinski definition) is 2. The molecule has 2 aromatic rings. The molecule has 0 spiro atoms. The quantitative estimate of drug-likeness (QED) is 0.574. The Kier molecular flexibility index (Phi) is 7.21. The predicted octanol–water partition coefficient (Wildman–Crippen LogP) is 3.54. The molecular formula is C19H27N3O2. The summed E-state index contributed by atoms with van der Waals surface area (Å²) in [4.78, 5) is 4.53. The van der Waals surface area contributed by atoms with E-state index in [1.165, 1.54) is 5.56 Å². The van der Waals surface area contributed by atoms with Crippen molar-refractivity contribution in [3.05, 3.63) is 54.0 Å². The van der Waals surface area contributed by atoms with Crippen LogP contribution >= 0.6 is 0 Å². The van der Waals surface area contributed by atoms with E-state index in [-0.39, 0.29) is 0 Å². The van der Waals surface area contributed by atoms with Gasteiger partial charge in [0.25, 0.3) is 0 Å². The number of nitrogens with zero attached hydrogens (tertiary/aromatic N) is 1. The van der Waals surface area contributed by atoms with Crippen molar-refractivity contribution in [2.75, 3.05) is 20.2 Å². The Balaban J connectivity index is 1.81. The standard InChI is InChI=1S/C19H27N3O2/c1-4-20-19(22-14-18-6-5-13-24-18)21-12-11-15(2)16-7-9-17(23-3)10-8-16/h5-10,13,15H,4,11-12,14H2,1-3H3,(H2,20,21,22). The van der Waals surface area contributed by atoms with E-state index in [1.54, 1.807) is 13.4 Å². The minimum atomic E-state index is 0.469. The van der Waals surface area contributed by atoms with Gasteiger partial charge in [0.2, 0.25) is 0 Å². The van der Waals surface area contributed by atoms with Crippen LogP contribution in [-0.4, -0.2) is 26.2 Å². The van der Waals surface area contributed by atoms with Gasteiger partial charge in [0.05, 0.1) is 13.4 Å². The summed E-state index contributed by atoms with van der Waals surface area (Å²) < 4.78 is 10.5. The Bertz CT molecular complexity index is 606. The molecule has 2 N–H and O–H groups in total. The molecule has 0 aliphatic carbocycles. The summed E-state index contributed by atoms with van der Waals surface area (Å²) in [6, 6.07) is 12.1. The van der Waals surface area contributed by atoms with E-state index < -0.39 is 0 Å². The molecule has 0 saturated carbocycles. The van der Waals surface area contributed by atoms with Gasteiger partial charge in [-0.15, -0.1) is 0 Å². The Hall–Kier alpha value is -2.43. The van der Waals surface area contributed by atoms with Crippen molar-refractivity contribution in [2.24, 2.45) is 4.99 Å². The maximum absolute atomic E-state index is 5.31. The Labute approximate surface area is 144 Å². The van der Waals surface area contributed by atoms with Gasteiger partial charge < -0.3 is 19.8 Å². The Morgan fingerprint density at radius 2 is 2.00 bits per heavy atom. The van der Waals surface area contributed by atoms with Crippen LogP contribution in [-0.2, 0) is 6.54 Å². The van der Waals surface area contributed by atoms with Gasteiger partial charge in [-0.2, -0.15) is 0 Å². The minimum absolute atomic E-state index is 0.469. The highest BCUT2D eigenvalue weighted by molar-refractivity contribution is 5.79. The lowest BCUT2D eigenvalue weighted by Gasteiger charge is -2.15. The molecule has 1 heterocycles. The van der Waals surface area contributed by atoms with Crippen molar-refractivity contribution in [3.63, 3.8) is 0 Å². The highest BCUT2D eigenvalue weighted by Gasteiger charge is 2.06. The molecule has 130 valence electrons. The van der Waals surface area contributed by atoms with E-state index in [9.17, 15) is 0 Å². The molecule has 0 bridgehead atoms. The lowest BCUT2D eigenvalue weighted by molar-refractivity contribution is 0.414. The highest BCUT2D eigenvalue weighted by Crippen LogP contribution is 2.21. The summed E-state index contributed by atoms with van der Waals surface area (Å²) >= 11 is 0. The van der Waals surface area contributed by atoms with Gasteiger partial charge in [0.1, 0.15) is 18.1 Å². The molecule has 5 nitrogen and oxygen atoms in total. The van der Waals surface area contributed by atoms with Crippen LogP contribution in [0.4, 0.5) is 0 Å². The average Bonchev–Trinajstić information content (AvgIpc) is 3.13. The molecular weight excluding hydrogens is 302 g/mol. The van der Waals surface area contributed by atoms with Crippen LogP contribution in [0.1, 0.15) is 37.5 Å². The first-order valence-corrected chi connectivity index (χ1v) is 8.41. The molecule has 24 heavy (non-hydrogen) atoms. The largest absolute Gasteiger partial charge is 0.497 e. The van der Waals surface area contributed by atoms with Crippen molar-refractivity contribution in [3.8, 4) is 5.75 Å². The highest BCUT2D eigenvalue weighted by atomic mass is 16.5. The fraction of sp³-hybridized carbons (Fsp3) is 0.421. The molecule has 0 aliphatic rings. The second-order valence-electron chi connectivity index (χ2n) is 5.66. The molecule has 2 rings (SSSR count). The summed E-state index contributed by atoms with van der Waals surface area (Å²) in [6.07, 6.45) is 2.69. The van der Waals surface area contributed by atoms with Crippen molar-refractivity contribution in [1.29, 1.82) is 0 Å². The molecule has 0 saturated heterocycles. The SMILES string of the molecule is CCNC(=NCc1ccco1)NCCC(C)c1ccc(OC)cc1. The van der Waals surface area contributed by atoms with Gasteiger partial charge in [-0.05, 0) is 49.1 Å². The fourth-order valence-electron chi connectivity index (χ4n) is 2.41. The van der Waals surface area contributed by atoms with E-state index >= 15 is 0 Å². The van der Waals surface area contributed by atoms with Crippen LogP contribution in [0.3, 0.4) is 0 Å². The van der Waals surface area contributed by atoms with Crippen LogP contribution < -0.4 is 15.4 Å². The van der Waals surface area contributed by atoms with Gasteiger partial charge in [0.15, 0.2) is 5.96 Å². The van der Waals surface area contributed by atoms with E-state index in [0.717, 1.165) is 37.0 Å². The first-order chi connectivity index (χ1) is 11.7. The van der Waals surface area contributed by atoms with Crippen molar-refractivity contribution < 1.29 is 9.15 Å². The molecule has 0 radical (unpaired) electrons. The number of methoxy groups -OCH3 is 1. The lowest BCUT2D eigenvalue weighted by atomic mass is 9.98. The smallest absolute Gasteiger partial charge is 0.191 e. The third-order valence-corrected chi connectivity index (χ3v) is 3.87. The first kappa shape index (κ1) is 17.9. The van der Waals surface area contributed by atoms with Gasteiger partial charge >= 0.3 is 0 Å². The number of rotatable bonds is 8. The van der Waals surface area contributed by atoms with Crippen LogP contribution in [0.25, 0.3) is 0 Å². The summed E-state index contributed by atoms with van der Waals surface area (Å²) in [7, 11) is 1.69. The average molecular weight is 329 g/mol. The number of nitrogens with one attached hydrogen (secondary N) is 2. The van der Waals surface area contributed by atoms with Crippen LogP contribution in [0, 0.1) is 0 Å². The molecule has 1 aromatic heterocycles. The van der Waals surface area contributed by atoms with Gasteiger partial charge in [-0.1, -0.05) is 19.1 Å². The molecule has 1 unspecified atom stereocenters. The Morgan fingerprint density at radius 1 is 1.21 bits per heavy atom. The molecule has 0 amide bonds. The first-order valence-electron chi connectivity index (χ1n) is 8.41. The molecule has 1 atom stereocenters. The van der Waals surface area contributed by atoms with E-state index in [2.05, 4.69) is 41.6 Å². The van der Waals surface area contributed by atoms with Crippen molar-refractivity contribution in [1.82, 2.24) is 10.6 Å². The number of ether oxygens (including phenoxy) is 1. The van der Waals surface area contributed by atoms with Crippen LogP contribution in [0.2, 0.25) is 0 Å². The topological polar surface area (TPSA) is 58.8 Å². The van der Waals surface area contributed by atoms with E-state index in [1.807, 2.05) is 24.3 Å². The zero-order valence-corrected chi connectivity index (χ0v) is 14.7. The van der Waals surface area contributed by atoms with Gasteiger partial charge in [-0.25, -0.2) is 4.99 Å². The van der Waals surface area contributed by atoms with Crippen LogP contribution in [0.5, 0.6) is 5.75 Å². The maximum Gasteiger partial charge on any atom is 0.191 e. The number of aliphatic imine (C=N–C) groups is 1. The van der Waals surface area contributed by atoms with E-state index in [0.29, 0.717) is 12.5 Å². The molecule has 0 fully saturated rings. The summed E-state index contributed by atoms with van der Waals surface area (Å²) in [5.74, 6) is 3.04.